The molecule has 0 aliphatic rings. The Hall–Kier alpha value is -7.77. The normalized spacial score (nSPS) is 10.7. The summed E-state index contributed by atoms with van der Waals surface area (Å²) in [6, 6.07) is 52.0. The van der Waals surface area contributed by atoms with Gasteiger partial charge in [-0.05, 0) is 68.1 Å². The molecule has 0 bridgehead atoms. The predicted octanol–water partition coefficient (Wildman–Crippen LogP) is 12.5. The van der Waals surface area contributed by atoms with Gasteiger partial charge in [-0.3, -0.25) is 0 Å². The molecule has 0 aliphatic carbocycles. The van der Waals surface area contributed by atoms with Gasteiger partial charge in [-0.15, -0.1) is 0 Å². The first-order valence-corrected chi connectivity index (χ1v) is 16.4. The van der Waals surface area contributed by atoms with Crippen LogP contribution in [0.2, 0.25) is 0 Å². The minimum Gasteiger partial charge on any atom is -0.319 e. The van der Waals surface area contributed by atoms with E-state index in [1.54, 1.807) is 4.57 Å². The van der Waals surface area contributed by atoms with Crippen molar-refractivity contribution in [1.29, 1.82) is 10.5 Å². The van der Waals surface area contributed by atoms with Crippen molar-refractivity contribution in [1.82, 2.24) is 4.57 Å². The van der Waals surface area contributed by atoms with Gasteiger partial charge >= 0.3 is 0 Å². The number of nitriles is 2. The van der Waals surface area contributed by atoms with E-state index in [2.05, 4.69) is 40.0 Å². The van der Waals surface area contributed by atoms with Crippen LogP contribution in [0.5, 0.6) is 0 Å². The molecule has 0 spiro atoms. The lowest BCUT2D eigenvalue weighted by atomic mass is 9.98. The molecule has 0 amide bonds. The Kier molecular flexibility index (Phi) is 7.83. The zero-order chi connectivity index (χ0) is 35.8. The van der Waals surface area contributed by atoms with Crippen molar-refractivity contribution in [2.75, 3.05) is 0 Å². The number of rotatable bonds is 3. The Morgan fingerprint density at radius 3 is 1.27 bits per heavy atom. The maximum atomic E-state index is 15.8. The van der Waals surface area contributed by atoms with Crippen molar-refractivity contribution in [3.8, 4) is 40.1 Å². The van der Waals surface area contributed by atoms with Gasteiger partial charge in [0.05, 0.1) is 41.0 Å². The molecule has 52 heavy (non-hydrogen) atoms. The highest BCUT2D eigenvalue weighted by molar-refractivity contribution is 6.20. The van der Waals surface area contributed by atoms with Gasteiger partial charge in [-0.2, -0.15) is 10.5 Å². The molecular weight excluding hydrogens is 642 g/mol. The fraction of sp³-hybridized carbons (Fsp3) is 0. The summed E-state index contributed by atoms with van der Waals surface area (Å²) < 4.78 is 17.6. The van der Waals surface area contributed by atoms with Crippen molar-refractivity contribution >= 4 is 54.7 Å². The van der Waals surface area contributed by atoms with Gasteiger partial charge < -0.3 is 4.57 Å². The van der Waals surface area contributed by atoms with E-state index in [1.807, 2.05) is 127 Å². The number of aromatic nitrogens is 1. The standard InChI is InChI=1S/C46H24FN5/c1-50-44-43(47)39(27-48)40(28-49)46(45(44)51-2)52-41-23-21-31(29-13-5-3-6-14-29)25-37(41)35-19-11-9-17-33(35)34-18-10-12-20-36(34)38-26-32(22-24-42(38)52)30-15-7-4-8-16-30/h3-26H. The molecule has 0 saturated carbocycles. The van der Waals surface area contributed by atoms with Crippen molar-refractivity contribution in [2.24, 2.45) is 0 Å². The maximum Gasteiger partial charge on any atom is 0.232 e. The van der Waals surface area contributed by atoms with Gasteiger partial charge in [0.2, 0.25) is 11.4 Å². The molecular formula is C46H24FN5. The van der Waals surface area contributed by atoms with Gasteiger partial charge in [-0.1, -0.05) is 121 Å². The minimum atomic E-state index is -1.18. The highest BCUT2D eigenvalue weighted by Gasteiger charge is 2.27. The van der Waals surface area contributed by atoms with E-state index in [0.717, 1.165) is 54.6 Å². The lowest BCUT2D eigenvalue weighted by Gasteiger charge is -2.19. The summed E-state index contributed by atoms with van der Waals surface area (Å²) in [6.45, 7) is 16.2. The van der Waals surface area contributed by atoms with E-state index in [9.17, 15) is 10.5 Å². The Morgan fingerprint density at radius 1 is 0.462 bits per heavy atom. The molecule has 0 N–H and O–H groups in total. The molecule has 0 saturated heterocycles. The number of halogens is 1. The third-order valence-corrected chi connectivity index (χ3v) is 9.45. The largest absolute Gasteiger partial charge is 0.319 e. The van der Waals surface area contributed by atoms with E-state index >= 15 is 4.39 Å². The molecule has 0 unspecified atom stereocenters. The van der Waals surface area contributed by atoms with Crippen LogP contribution in [0.4, 0.5) is 15.8 Å². The third-order valence-electron chi connectivity index (χ3n) is 9.45. The predicted molar refractivity (Wildman–Crippen MR) is 206 cm³/mol. The molecule has 8 aromatic rings. The van der Waals surface area contributed by atoms with E-state index in [4.69, 9.17) is 13.1 Å². The van der Waals surface area contributed by atoms with Crippen molar-refractivity contribution in [3.63, 3.8) is 0 Å². The molecule has 1 aromatic heterocycles. The summed E-state index contributed by atoms with van der Waals surface area (Å²) in [5.41, 5.74) is 3.14. The Bertz CT molecular complexity index is 2810. The Labute approximate surface area is 298 Å². The Morgan fingerprint density at radius 2 is 0.865 bits per heavy atom. The molecule has 0 radical (unpaired) electrons. The minimum absolute atomic E-state index is 0.0271. The van der Waals surface area contributed by atoms with Crippen LogP contribution in [0.25, 0.3) is 81.0 Å². The zero-order valence-corrected chi connectivity index (χ0v) is 27.5. The first-order chi connectivity index (χ1) is 25.6. The van der Waals surface area contributed by atoms with Crippen LogP contribution in [0.15, 0.2) is 146 Å². The molecule has 0 aliphatic heterocycles. The SMILES string of the molecule is [C-]#[N+]c1c(F)c(C#N)c(C#N)c(-n2c3ccc(-c4ccccc4)cc3c3ccccc3c3ccccc3c3cc(-c4ccccc4)ccc32)c1[N+]#[C-]. The monoisotopic (exact) mass is 665 g/mol. The van der Waals surface area contributed by atoms with E-state index in [-0.39, 0.29) is 16.9 Å². The number of hydrogen-bond acceptors (Lipinski definition) is 2. The summed E-state index contributed by atoms with van der Waals surface area (Å²) in [4.78, 5) is 7.10. The summed E-state index contributed by atoms with van der Waals surface area (Å²) in [6.07, 6.45) is 0. The lowest BCUT2D eigenvalue weighted by molar-refractivity contribution is 0.629. The van der Waals surface area contributed by atoms with Gasteiger partial charge in [-0.25, -0.2) is 14.1 Å². The van der Waals surface area contributed by atoms with Crippen LogP contribution in [-0.2, 0) is 0 Å². The van der Waals surface area contributed by atoms with E-state index < -0.39 is 17.1 Å². The van der Waals surface area contributed by atoms with Gasteiger partial charge in [0.25, 0.3) is 0 Å². The first-order valence-electron chi connectivity index (χ1n) is 16.4. The van der Waals surface area contributed by atoms with Crippen LogP contribution in [0.1, 0.15) is 11.1 Å². The third kappa shape index (κ3) is 4.97. The molecule has 5 nitrogen and oxygen atoms in total. The average Bonchev–Trinajstić information content (AvgIpc) is 3.25. The second kappa shape index (κ2) is 12.9. The number of nitrogens with zero attached hydrogens (tertiary/aromatic N) is 5. The fourth-order valence-electron chi connectivity index (χ4n) is 7.11. The lowest BCUT2D eigenvalue weighted by Crippen LogP contribution is -2.05. The molecule has 0 fully saturated rings. The summed E-state index contributed by atoms with van der Waals surface area (Å²) >= 11 is 0. The number of hydrogen-bond donors (Lipinski definition) is 0. The highest BCUT2D eigenvalue weighted by Crippen LogP contribution is 2.45. The number of fused-ring (bicyclic) bond motifs is 7. The first kappa shape index (κ1) is 31.5. The van der Waals surface area contributed by atoms with Crippen molar-refractivity contribution in [3.05, 3.63) is 185 Å². The molecule has 6 heteroatoms. The van der Waals surface area contributed by atoms with E-state index in [0.29, 0.717) is 11.0 Å². The van der Waals surface area contributed by atoms with Crippen LogP contribution in [0.3, 0.4) is 0 Å². The quantitative estimate of drug-likeness (QED) is 0.176. The topological polar surface area (TPSA) is 61.2 Å². The van der Waals surface area contributed by atoms with Gasteiger partial charge in [0, 0.05) is 10.8 Å². The van der Waals surface area contributed by atoms with Crippen LogP contribution >= 0.6 is 0 Å². The number of benzene rings is 7. The highest BCUT2D eigenvalue weighted by atomic mass is 19.1. The summed E-state index contributed by atoms with van der Waals surface area (Å²) in [5.74, 6) is -1.18. The van der Waals surface area contributed by atoms with E-state index in [1.165, 1.54) is 0 Å². The summed E-state index contributed by atoms with van der Waals surface area (Å²) in [7, 11) is 0. The molecule has 240 valence electrons. The zero-order valence-electron chi connectivity index (χ0n) is 27.5. The fourth-order valence-corrected chi connectivity index (χ4v) is 7.11. The average molecular weight is 666 g/mol. The summed E-state index contributed by atoms with van der Waals surface area (Å²) in [5, 5.41) is 26.2. The molecule has 7 aromatic carbocycles. The Balaban J connectivity index is 1.76. The second-order valence-electron chi connectivity index (χ2n) is 12.2. The van der Waals surface area contributed by atoms with Gasteiger partial charge in [0.15, 0.2) is 0 Å². The molecule has 8 rings (SSSR count). The van der Waals surface area contributed by atoms with Crippen LogP contribution < -0.4 is 0 Å². The van der Waals surface area contributed by atoms with Gasteiger partial charge in [0.1, 0.15) is 18.0 Å². The van der Waals surface area contributed by atoms with Crippen molar-refractivity contribution < 1.29 is 4.39 Å². The van der Waals surface area contributed by atoms with Crippen molar-refractivity contribution in [2.45, 2.75) is 0 Å². The molecule has 0 atom stereocenters. The maximum absolute atomic E-state index is 15.8. The van der Waals surface area contributed by atoms with Crippen LogP contribution in [0, 0.1) is 41.6 Å². The second-order valence-corrected chi connectivity index (χ2v) is 12.2. The molecule has 1 heterocycles. The smallest absolute Gasteiger partial charge is 0.232 e. The van der Waals surface area contributed by atoms with Crippen LogP contribution in [-0.4, -0.2) is 4.57 Å².